The van der Waals surface area contributed by atoms with Crippen molar-refractivity contribution in [1.29, 1.82) is 0 Å². The summed E-state index contributed by atoms with van der Waals surface area (Å²) in [7, 11) is -3.29. The van der Waals surface area contributed by atoms with Gasteiger partial charge in [0.2, 0.25) is 10.0 Å². The summed E-state index contributed by atoms with van der Waals surface area (Å²) in [6.45, 7) is 1.58. The lowest BCUT2D eigenvalue weighted by Crippen LogP contribution is -2.40. The summed E-state index contributed by atoms with van der Waals surface area (Å²) in [5, 5.41) is -0.325. The van der Waals surface area contributed by atoms with E-state index >= 15 is 0 Å². The first-order valence-electron chi connectivity index (χ1n) is 6.57. The minimum absolute atomic E-state index is 0.325. The van der Waals surface area contributed by atoms with Crippen LogP contribution in [0.25, 0.3) is 0 Å². The Hall–Kier alpha value is -1.27. The highest BCUT2D eigenvalue weighted by atomic mass is 32.2. The second-order valence-electron chi connectivity index (χ2n) is 5.07. The molecule has 1 fully saturated rings. The Labute approximate surface area is 113 Å². The smallest absolute Gasteiger partial charge is 0.238 e. The number of hydrogen-bond acceptors (Lipinski definition) is 4. The molecule has 0 aliphatic carbocycles. The Kier molecular flexibility index (Phi) is 3.14. The first kappa shape index (κ1) is 12.7. The summed E-state index contributed by atoms with van der Waals surface area (Å²) in [5.74, 6) is 0. The number of nitrogens with zero attached hydrogens (tertiary/aromatic N) is 1. The molecule has 2 aliphatic heterocycles. The predicted molar refractivity (Wildman–Crippen MR) is 74.7 cm³/mol. The molecule has 6 heteroatoms. The summed E-state index contributed by atoms with van der Waals surface area (Å²) in [5.41, 5.74) is 8.19. The Bertz CT molecular complexity index is 580. The third kappa shape index (κ3) is 2.19. The Morgan fingerprint density at radius 1 is 1.26 bits per heavy atom. The molecule has 2 N–H and O–H groups in total. The normalized spacial score (nSPS) is 20.5. The number of nitrogen functional groups attached to an aromatic ring is 1. The van der Waals surface area contributed by atoms with E-state index in [4.69, 9.17) is 10.5 Å². The zero-order chi connectivity index (χ0) is 13.5. The average molecular weight is 282 g/mol. The topological polar surface area (TPSA) is 72.6 Å². The molecule has 0 saturated carbocycles. The van der Waals surface area contributed by atoms with Crippen molar-refractivity contribution < 1.29 is 13.2 Å². The van der Waals surface area contributed by atoms with Crippen molar-refractivity contribution in [3.05, 3.63) is 23.8 Å². The van der Waals surface area contributed by atoms with Crippen LogP contribution in [0.1, 0.15) is 18.4 Å². The van der Waals surface area contributed by atoms with E-state index in [1.807, 2.05) is 12.1 Å². The van der Waals surface area contributed by atoms with Gasteiger partial charge in [0.15, 0.2) is 0 Å². The van der Waals surface area contributed by atoms with Gasteiger partial charge in [-0.1, -0.05) is 6.07 Å². The van der Waals surface area contributed by atoms with Crippen LogP contribution < -0.4 is 10.0 Å². The van der Waals surface area contributed by atoms with Gasteiger partial charge in [0.25, 0.3) is 0 Å². The third-order valence-electron chi connectivity index (χ3n) is 3.86. The van der Waals surface area contributed by atoms with Gasteiger partial charge in [0, 0.05) is 25.4 Å². The fourth-order valence-corrected chi connectivity index (χ4v) is 4.72. The molecule has 1 saturated heterocycles. The van der Waals surface area contributed by atoms with E-state index in [2.05, 4.69) is 0 Å². The van der Waals surface area contributed by atoms with Crippen LogP contribution in [0.15, 0.2) is 18.2 Å². The number of fused-ring (bicyclic) bond motifs is 1. The maximum absolute atomic E-state index is 12.7. The fourth-order valence-electron chi connectivity index (χ4n) is 2.78. The number of anilines is 2. The van der Waals surface area contributed by atoms with Crippen LogP contribution in [0.2, 0.25) is 0 Å². The van der Waals surface area contributed by atoms with Gasteiger partial charge in [-0.15, -0.1) is 0 Å². The predicted octanol–water partition coefficient (Wildman–Crippen LogP) is 1.14. The molecule has 0 spiro atoms. The van der Waals surface area contributed by atoms with E-state index in [1.165, 1.54) is 4.31 Å². The van der Waals surface area contributed by atoms with Gasteiger partial charge in [0.1, 0.15) is 0 Å². The van der Waals surface area contributed by atoms with Crippen LogP contribution in [0.3, 0.4) is 0 Å². The molecule has 0 unspecified atom stereocenters. The number of benzene rings is 1. The number of sulfonamides is 1. The highest BCUT2D eigenvalue weighted by Gasteiger charge is 2.36. The second-order valence-corrected chi connectivity index (χ2v) is 7.20. The molecule has 0 atom stereocenters. The summed E-state index contributed by atoms with van der Waals surface area (Å²) in [6.07, 6.45) is 1.92. The molecule has 1 aromatic carbocycles. The van der Waals surface area contributed by atoms with E-state index in [1.54, 1.807) is 6.07 Å². The quantitative estimate of drug-likeness (QED) is 0.826. The van der Waals surface area contributed by atoms with E-state index < -0.39 is 10.0 Å². The lowest BCUT2D eigenvalue weighted by Gasteiger charge is -2.28. The van der Waals surface area contributed by atoms with Crippen LogP contribution in [-0.2, 0) is 21.2 Å². The Morgan fingerprint density at radius 2 is 2.00 bits per heavy atom. The first-order valence-corrected chi connectivity index (χ1v) is 8.07. The maximum Gasteiger partial charge on any atom is 0.238 e. The SMILES string of the molecule is Nc1ccc2c(c1)N(S(=O)(=O)C1CCOCC1)CC2. The monoisotopic (exact) mass is 282 g/mol. The molecule has 0 radical (unpaired) electrons. The van der Waals surface area contributed by atoms with E-state index in [9.17, 15) is 8.42 Å². The van der Waals surface area contributed by atoms with Crippen LogP contribution in [-0.4, -0.2) is 33.4 Å². The first-order chi connectivity index (χ1) is 9.09. The molecule has 0 amide bonds. The van der Waals surface area contributed by atoms with Crippen molar-refractivity contribution in [2.45, 2.75) is 24.5 Å². The fraction of sp³-hybridized carbons (Fsp3) is 0.538. The molecule has 3 rings (SSSR count). The number of rotatable bonds is 2. The van der Waals surface area contributed by atoms with Gasteiger partial charge < -0.3 is 10.5 Å². The van der Waals surface area contributed by atoms with Gasteiger partial charge >= 0.3 is 0 Å². The van der Waals surface area contributed by atoms with Crippen LogP contribution in [0, 0.1) is 0 Å². The Morgan fingerprint density at radius 3 is 2.74 bits per heavy atom. The molecule has 1 aromatic rings. The van der Waals surface area contributed by atoms with Crippen molar-refractivity contribution in [3.63, 3.8) is 0 Å². The average Bonchev–Trinajstić information content (AvgIpc) is 2.83. The molecule has 19 heavy (non-hydrogen) atoms. The van der Waals surface area contributed by atoms with Gasteiger partial charge in [-0.2, -0.15) is 0 Å². The van der Waals surface area contributed by atoms with Crippen LogP contribution in [0.5, 0.6) is 0 Å². The minimum Gasteiger partial charge on any atom is -0.399 e. The van der Waals surface area contributed by atoms with Crippen molar-refractivity contribution >= 4 is 21.4 Å². The number of ether oxygens (including phenoxy) is 1. The van der Waals surface area contributed by atoms with Crippen molar-refractivity contribution in [3.8, 4) is 0 Å². The zero-order valence-corrected chi connectivity index (χ0v) is 11.5. The summed E-state index contributed by atoms with van der Waals surface area (Å²) >= 11 is 0. The van der Waals surface area contributed by atoms with Crippen molar-refractivity contribution in [2.75, 3.05) is 29.8 Å². The molecular weight excluding hydrogens is 264 g/mol. The van der Waals surface area contributed by atoms with Gasteiger partial charge in [-0.3, -0.25) is 4.31 Å². The van der Waals surface area contributed by atoms with Crippen molar-refractivity contribution in [1.82, 2.24) is 0 Å². The third-order valence-corrected chi connectivity index (χ3v) is 6.17. The Balaban J connectivity index is 1.93. The van der Waals surface area contributed by atoms with Gasteiger partial charge in [-0.05, 0) is 37.0 Å². The summed E-state index contributed by atoms with van der Waals surface area (Å²) in [6, 6.07) is 5.51. The minimum atomic E-state index is -3.29. The van der Waals surface area contributed by atoms with E-state index in [0.717, 1.165) is 17.7 Å². The lowest BCUT2D eigenvalue weighted by molar-refractivity contribution is 0.0983. The molecular formula is C13H18N2O3S. The van der Waals surface area contributed by atoms with E-state index in [0.29, 0.717) is 38.3 Å². The standard InChI is InChI=1S/C13H18N2O3S/c14-11-2-1-10-3-6-15(13(10)9-11)19(16,17)12-4-7-18-8-5-12/h1-2,9,12H,3-8,14H2. The maximum atomic E-state index is 12.7. The van der Waals surface area contributed by atoms with Gasteiger partial charge in [-0.25, -0.2) is 8.42 Å². The highest BCUT2D eigenvalue weighted by molar-refractivity contribution is 7.93. The second kappa shape index (κ2) is 4.68. The molecule has 0 aromatic heterocycles. The van der Waals surface area contributed by atoms with Crippen molar-refractivity contribution in [2.24, 2.45) is 0 Å². The summed E-state index contributed by atoms with van der Waals surface area (Å²) in [4.78, 5) is 0. The lowest BCUT2D eigenvalue weighted by atomic mass is 10.1. The molecule has 0 bridgehead atoms. The van der Waals surface area contributed by atoms with Crippen LogP contribution in [0.4, 0.5) is 11.4 Å². The molecule has 2 heterocycles. The highest BCUT2D eigenvalue weighted by Crippen LogP contribution is 2.34. The molecule has 5 nitrogen and oxygen atoms in total. The number of nitrogens with two attached hydrogens (primary N) is 1. The van der Waals surface area contributed by atoms with Crippen LogP contribution >= 0.6 is 0 Å². The largest absolute Gasteiger partial charge is 0.399 e. The van der Waals surface area contributed by atoms with Gasteiger partial charge in [0.05, 0.1) is 10.9 Å². The van der Waals surface area contributed by atoms with E-state index in [-0.39, 0.29) is 5.25 Å². The number of hydrogen-bond donors (Lipinski definition) is 1. The molecule has 2 aliphatic rings. The zero-order valence-electron chi connectivity index (χ0n) is 10.7. The molecule has 104 valence electrons. The summed E-state index contributed by atoms with van der Waals surface area (Å²) < 4.78 is 32.2.